The highest BCUT2D eigenvalue weighted by Gasteiger charge is 2.13. The number of hydrogen-bond donors (Lipinski definition) is 3. The maximum absolute atomic E-state index is 14.0. The predicted octanol–water partition coefficient (Wildman–Crippen LogP) is 2.60. The molecule has 0 aliphatic carbocycles. The second kappa shape index (κ2) is 7.88. The number of thiophene rings is 1. The van der Waals surface area contributed by atoms with Gasteiger partial charge in [0.15, 0.2) is 11.6 Å². The van der Waals surface area contributed by atoms with Crippen LogP contribution in [0.15, 0.2) is 47.5 Å². The van der Waals surface area contributed by atoms with E-state index in [1.54, 1.807) is 12.1 Å². The lowest BCUT2D eigenvalue weighted by molar-refractivity contribution is 0.0606. The van der Waals surface area contributed by atoms with Gasteiger partial charge in [0, 0.05) is 5.69 Å². The van der Waals surface area contributed by atoms with E-state index in [4.69, 9.17) is 5.14 Å². The van der Waals surface area contributed by atoms with E-state index in [0.717, 1.165) is 17.5 Å². The Kier molecular flexibility index (Phi) is 5.53. The third kappa shape index (κ3) is 4.60. The summed E-state index contributed by atoms with van der Waals surface area (Å²) in [4.78, 5) is 19.7. The second-order valence-electron chi connectivity index (χ2n) is 5.37. The lowest BCUT2D eigenvalue weighted by atomic mass is 10.3. The molecule has 0 spiro atoms. The van der Waals surface area contributed by atoms with Gasteiger partial charge >= 0.3 is 5.97 Å². The van der Waals surface area contributed by atoms with Gasteiger partial charge in [-0.2, -0.15) is 4.98 Å². The topological polar surface area (TPSA) is 136 Å². The number of nitrogens with one attached hydrogen (secondary N) is 2. The zero-order valence-corrected chi connectivity index (χ0v) is 16.0. The van der Waals surface area contributed by atoms with Crippen LogP contribution in [0.1, 0.15) is 9.67 Å². The summed E-state index contributed by atoms with van der Waals surface area (Å²) in [7, 11) is -2.53. The number of ether oxygens (including phenoxy) is 1. The molecule has 0 fully saturated rings. The van der Waals surface area contributed by atoms with Crippen LogP contribution in [-0.4, -0.2) is 31.5 Å². The lowest BCUT2D eigenvalue weighted by Crippen LogP contribution is -2.11. The van der Waals surface area contributed by atoms with Crippen molar-refractivity contribution in [3.8, 4) is 0 Å². The summed E-state index contributed by atoms with van der Waals surface area (Å²) in [6.45, 7) is 0. The Labute approximate surface area is 163 Å². The average Bonchev–Trinajstić information content (AvgIpc) is 3.12. The van der Waals surface area contributed by atoms with Gasteiger partial charge in [-0.05, 0) is 36.4 Å². The fraction of sp³-hybridized carbons (Fsp3) is 0.0625. The first kappa shape index (κ1) is 19.7. The number of primary sulfonamides is 1. The molecule has 0 atom stereocenters. The van der Waals surface area contributed by atoms with E-state index in [0.29, 0.717) is 15.6 Å². The van der Waals surface area contributed by atoms with Gasteiger partial charge in [0.25, 0.3) is 0 Å². The highest BCUT2D eigenvalue weighted by Crippen LogP contribution is 2.27. The highest BCUT2D eigenvalue weighted by atomic mass is 32.2. The molecule has 0 bridgehead atoms. The minimum absolute atomic E-state index is 0.0421. The summed E-state index contributed by atoms with van der Waals surface area (Å²) < 4.78 is 41.2. The number of hydrogen-bond acceptors (Lipinski definition) is 9. The van der Waals surface area contributed by atoms with Gasteiger partial charge in [-0.15, -0.1) is 11.3 Å². The Bertz CT molecular complexity index is 1120. The first-order valence-corrected chi connectivity index (χ1v) is 10.00. The zero-order chi connectivity index (χ0) is 20.3. The van der Waals surface area contributed by atoms with Gasteiger partial charge in [-0.1, -0.05) is 0 Å². The van der Waals surface area contributed by atoms with Crippen molar-refractivity contribution in [2.75, 3.05) is 17.7 Å². The number of methoxy groups -OCH3 is 1. The number of halogens is 1. The lowest BCUT2D eigenvalue weighted by Gasteiger charge is -2.08. The standard InChI is InChI=1S/C16H14FN5O4S2/c1-26-15(23)12-6-7-13(27-12)21-14-11(17)8-19-16(22-14)20-9-2-4-10(5-3-9)28(18,24)25/h2-8H,1H3,(H2,18,24,25)(H2,19,20,21,22). The zero-order valence-electron chi connectivity index (χ0n) is 14.3. The summed E-state index contributed by atoms with van der Waals surface area (Å²) in [5.74, 6) is -1.21. The molecule has 3 aromatic rings. The Morgan fingerprint density at radius 2 is 1.89 bits per heavy atom. The number of aromatic nitrogens is 2. The number of benzene rings is 1. The molecule has 0 aliphatic heterocycles. The molecule has 0 aliphatic rings. The van der Waals surface area contributed by atoms with Crippen LogP contribution in [0.4, 0.5) is 26.8 Å². The molecule has 0 radical (unpaired) electrons. The first-order valence-electron chi connectivity index (χ1n) is 7.64. The molecule has 1 aromatic carbocycles. The highest BCUT2D eigenvalue weighted by molar-refractivity contribution is 7.89. The number of carbonyl (C=O) groups excluding carboxylic acids is 1. The van der Waals surface area contributed by atoms with Crippen LogP contribution in [0.25, 0.3) is 0 Å². The van der Waals surface area contributed by atoms with Crippen molar-refractivity contribution in [3.63, 3.8) is 0 Å². The fourth-order valence-corrected chi connectivity index (χ4v) is 3.44. The van der Waals surface area contributed by atoms with Gasteiger partial charge in [-0.25, -0.2) is 27.7 Å². The fourth-order valence-electron chi connectivity index (χ4n) is 2.10. The summed E-state index contributed by atoms with van der Waals surface area (Å²) in [6, 6.07) is 8.73. The summed E-state index contributed by atoms with van der Waals surface area (Å²) >= 11 is 1.08. The van der Waals surface area contributed by atoms with E-state index >= 15 is 0 Å². The van der Waals surface area contributed by atoms with Gasteiger partial charge in [-0.3, -0.25) is 0 Å². The van der Waals surface area contributed by atoms with Gasteiger partial charge < -0.3 is 15.4 Å². The van der Waals surface area contributed by atoms with Gasteiger partial charge in [0.2, 0.25) is 16.0 Å². The smallest absolute Gasteiger partial charge is 0.348 e. The van der Waals surface area contributed by atoms with Crippen molar-refractivity contribution in [2.24, 2.45) is 5.14 Å². The molecule has 0 saturated heterocycles. The second-order valence-corrected chi connectivity index (χ2v) is 8.01. The maximum Gasteiger partial charge on any atom is 0.348 e. The van der Waals surface area contributed by atoms with Gasteiger partial charge in [0.1, 0.15) is 4.88 Å². The van der Waals surface area contributed by atoms with Crippen LogP contribution in [0.2, 0.25) is 0 Å². The Balaban J connectivity index is 1.78. The number of rotatable bonds is 6. The molecule has 0 saturated carbocycles. The number of nitrogens with zero attached hydrogens (tertiary/aromatic N) is 2. The van der Waals surface area contributed by atoms with Crippen molar-refractivity contribution < 1.29 is 22.3 Å². The summed E-state index contributed by atoms with van der Waals surface area (Å²) in [5.41, 5.74) is 0.481. The molecule has 3 rings (SSSR count). The van der Waals surface area contributed by atoms with Crippen LogP contribution >= 0.6 is 11.3 Å². The predicted molar refractivity (Wildman–Crippen MR) is 102 cm³/mol. The summed E-state index contributed by atoms with van der Waals surface area (Å²) in [5, 5.41) is 11.1. The maximum atomic E-state index is 14.0. The van der Waals surface area contributed by atoms with Gasteiger partial charge in [0.05, 0.1) is 23.2 Å². The van der Waals surface area contributed by atoms with Crippen LogP contribution in [0.5, 0.6) is 0 Å². The van der Waals surface area contributed by atoms with Crippen molar-refractivity contribution in [1.82, 2.24) is 9.97 Å². The minimum Gasteiger partial charge on any atom is -0.465 e. The van der Waals surface area contributed by atoms with E-state index in [-0.39, 0.29) is 16.7 Å². The molecule has 0 amide bonds. The number of sulfonamides is 1. The average molecular weight is 423 g/mol. The van der Waals surface area contributed by atoms with Crippen molar-refractivity contribution in [1.29, 1.82) is 0 Å². The molecule has 0 unspecified atom stereocenters. The third-order valence-electron chi connectivity index (χ3n) is 3.42. The molecule has 9 nitrogen and oxygen atoms in total. The number of nitrogens with two attached hydrogens (primary N) is 1. The molecular formula is C16H14FN5O4S2. The monoisotopic (exact) mass is 423 g/mol. The molecule has 2 heterocycles. The van der Waals surface area contributed by atoms with Crippen LogP contribution in [0, 0.1) is 5.82 Å². The van der Waals surface area contributed by atoms with E-state index in [9.17, 15) is 17.6 Å². The number of esters is 1. The molecule has 4 N–H and O–H groups in total. The van der Waals surface area contributed by atoms with E-state index in [2.05, 4.69) is 25.3 Å². The van der Waals surface area contributed by atoms with Crippen molar-refractivity contribution >= 4 is 49.8 Å². The van der Waals surface area contributed by atoms with Crippen LogP contribution < -0.4 is 15.8 Å². The molecular weight excluding hydrogens is 409 g/mol. The third-order valence-corrected chi connectivity index (χ3v) is 5.33. The summed E-state index contributed by atoms with van der Waals surface area (Å²) in [6.07, 6.45) is 0.977. The number of carbonyl (C=O) groups is 1. The molecule has 2 aromatic heterocycles. The largest absolute Gasteiger partial charge is 0.465 e. The Morgan fingerprint density at radius 3 is 2.54 bits per heavy atom. The first-order chi connectivity index (χ1) is 13.3. The number of anilines is 4. The minimum atomic E-state index is -3.80. The SMILES string of the molecule is COC(=O)c1ccc(Nc2nc(Nc3ccc(S(N)(=O)=O)cc3)ncc2F)s1. The van der Waals surface area contributed by atoms with Crippen LogP contribution in [-0.2, 0) is 14.8 Å². The Hall–Kier alpha value is -3.09. The molecule has 28 heavy (non-hydrogen) atoms. The quantitative estimate of drug-likeness (QED) is 0.515. The molecule has 12 heteroatoms. The van der Waals surface area contributed by atoms with Crippen LogP contribution in [0.3, 0.4) is 0 Å². The Morgan fingerprint density at radius 1 is 1.18 bits per heavy atom. The van der Waals surface area contributed by atoms with E-state index in [1.807, 2.05) is 0 Å². The van der Waals surface area contributed by atoms with Crippen molar-refractivity contribution in [3.05, 3.63) is 53.3 Å². The molecule has 146 valence electrons. The van der Waals surface area contributed by atoms with E-state index in [1.165, 1.54) is 31.4 Å². The normalized spacial score (nSPS) is 11.1. The van der Waals surface area contributed by atoms with Crippen molar-refractivity contribution in [2.45, 2.75) is 4.90 Å². The van der Waals surface area contributed by atoms with E-state index < -0.39 is 21.8 Å².